The lowest BCUT2D eigenvalue weighted by molar-refractivity contribution is 0.0491. The van der Waals surface area contributed by atoms with E-state index in [4.69, 9.17) is 20.4 Å². The number of rotatable bonds is 9. The Morgan fingerprint density at radius 2 is 1.86 bits per heavy atom. The minimum Gasteiger partial charge on any atom is -0.462 e. The van der Waals surface area contributed by atoms with Crippen LogP contribution < -0.4 is 5.73 Å². The van der Waals surface area contributed by atoms with E-state index in [-0.39, 0.29) is 0 Å². The van der Waals surface area contributed by atoms with E-state index in [1.807, 2.05) is 28.8 Å². The topological polar surface area (TPSA) is 83.0 Å². The number of hydrogen-bond donors (Lipinski definition) is 1. The molecule has 0 amide bonds. The first-order valence-corrected chi connectivity index (χ1v) is 10.2. The molecule has 3 rings (SSSR count). The number of nitrogen functional groups attached to an aromatic ring is 1. The zero-order chi connectivity index (χ0) is 20.1. The zero-order valence-corrected chi connectivity index (χ0v) is 17.1. The van der Waals surface area contributed by atoms with E-state index in [1.54, 1.807) is 0 Å². The monoisotopic (exact) mass is 382 g/mol. The fraction of sp³-hybridized carbons (Fsp3) is 0.500. The lowest BCUT2D eigenvalue weighted by Gasteiger charge is -2.08. The molecule has 0 unspecified atom stereocenters. The van der Waals surface area contributed by atoms with Crippen LogP contribution in [0.3, 0.4) is 0 Å². The Bertz CT molecular complexity index is 962. The number of nitrogens with two attached hydrogens (primary N) is 1. The van der Waals surface area contributed by atoms with Gasteiger partial charge < -0.3 is 15.0 Å². The minimum absolute atomic E-state index is 0.340. The molecule has 0 fully saturated rings. The third kappa shape index (κ3) is 4.26. The van der Waals surface area contributed by atoms with E-state index in [9.17, 15) is 4.79 Å². The van der Waals surface area contributed by atoms with Crippen LogP contribution in [0.25, 0.3) is 22.2 Å². The number of nitrogens with zero attached hydrogens (tertiary/aromatic N) is 3. The SMILES string of the molecule is CCCCCCn1c(N)c(C(=O)OCCC(C)C)c2nc3ccccc3nc21. The second kappa shape index (κ2) is 9.04. The maximum Gasteiger partial charge on any atom is 0.344 e. The summed E-state index contributed by atoms with van der Waals surface area (Å²) in [5, 5.41) is 0. The molecule has 2 N–H and O–H groups in total. The molecule has 0 aliphatic heterocycles. The van der Waals surface area contributed by atoms with Gasteiger partial charge in [0.2, 0.25) is 0 Å². The molecule has 2 heterocycles. The summed E-state index contributed by atoms with van der Waals surface area (Å²) in [4.78, 5) is 22.3. The van der Waals surface area contributed by atoms with Crippen molar-refractivity contribution in [2.24, 2.45) is 5.92 Å². The molecule has 28 heavy (non-hydrogen) atoms. The highest BCUT2D eigenvalue weighted by molar-refractivity contribution is 6.08. The Labute approximate surface area is 166 Å². The number of fused-ring (bicyclic) bond motifs is 2. The molecule has 0 radical (unpaired) electrons. The standard InChI is InChI=1S/C22H30N4O2/c1-4-5-6-9-13-26-20(23)18(22(27)28-14-12-15(2)3)19-21(26)25-17-11-8-7-10-16(17)24-19/h7-8,10-11,15H,4-6,9,12-14,23H2,1-3H3. The van der Waals surface area contributed by atoms with Crippen LogP contribution in [0.15, 0.2) is 24.3 Å². The maximum absolute atomic E-state index is 12.8. The van der Waals surface area contributed by atoms with Crippen molar-refractivity contribution >= 4 is 34.0 Å². The number of unbranched alkanes of at least 4 members (excludes halogenated alkanes) is 3. The molecular formula is C22H30N4O2. The van der Waals surface area contributed by atoms with E-state index >= 15 is 0 Å². The molecule has 1 aromatic carbocycles. The molecule has 0 aliphatic carbocycles. The van der Waals surface area contributed by atoms with Gasteiger partial charge in [-0.05, 0) is 30.9 Å². The van der Waals surface area contributed by atoms with Gasteiger partial charge >= 0.3 is 5.97 Å². The average Bonchev–Trinajstić information content (AvgIpc) is 2.93. The molecule has 0 saturated carbocycles. The van der Waals surface area contributed by atoms with Crippen LogP contribution in [0, 0.1) is 5.92 Å². The highest BCUT2D eigenvalue weighted by atomic mass is 16.5. The summed E-state index contributed by atoms with van der Waals surface area (Å²) in [6.45, 7) is 7.47. The quantitative estimate of drug-likeness (QED) is 0.418. The Morgan fingerprint density at radius 3 is 2.54 bits per heavy atom. The van der Waals surface area contributed by atoms with Crippen molar-refractivity contribution in [1.29, 1.82) is 0 Å². The molecule has 0 saturated heterocycles. The Kier molecular flexibility index (Phi) is 6.49. The van der Waals surface area contributed by atoms with Crippen LogP contribution in [-0.2, 0) is 11.3 Å². The molecule has 150 valence electrons. The van der Waals surface area contributed by atoms with Crippen molar-refractivity contribution < 1.29 is 9.53 Å². The lowest BCUT2D eigenvalue weighted by Crippen LogP contribution is -2.11. The molecule has 0 atom stereocenters. The molecule has 0 bridgehead atoms. The second-order valence-electron chi connectivity index (χ2n) is 7.68. The van der Waals surface area contributed by atoms with Gasteiger partial charge in [0.05, 0.1) is 17.6 Å². The summed E-state index contributed by atoms with van der Waals surface area (Å²) in [7, 11) is 0. The van der Waals surface area contributed by atoms with E-state index in [0.29, 0.717) is 41.6 Å². The van der Waals surface area contributed by atoms with Crippen molar-refractivity contribution in [3.05, 3.63) is 29.8 Å². The normalized spacial score (nSPS) is 11.6. The summed E-state index contributed by atoms with van der Waals surface area (Å²) in [5.41, 5.74) is 9.47. The Hall–Kier alpha value is -2.63. The first-order valence-electron chi connectivity index (χ1n) is 10.2. The number of aryl methyl sites for hydroxylation is 1. The van der Waals surface area contributed by atoms with Crippen LogP contribution in [0.1, 0.15) is 63.2 Å². The highest BCUT2D eigenvalue weighted by Crippen LogP contribution is 2.29. The number of esters is 1. The predicted octanol–water partition coefficient (Wildman–Crippen LogP) is 4.95. The largest absolute Gasteiger partial charge is 0.462 e. The number of anilines is 1. The van der Waals surface area contributed by atoms with Gasteiger partial charge in [-0.25, -0.2) is 14.8 Å². The van der Waals surface area contributed by atoms with Crippen molar-refractivity contribution in [2.45, 2.75) is 59.4 Å². The van der Waals surface area contributed by atoms with Gasteiger partial charge in [0, 0.05) is 6.54 Å². The zero-order valence-electron chi connectivity index (χ0n) is 17.1. The van der Waals surface area contributed by atoms with Crippen molar-refractivity contribution in [3.8, 4) is 0 Å². The molecule has 2 aromatic heterocycles. The van der Waals surface area contributed by atoms with Crippen molar-refractivity contribution in [3.63, 3.8) is 0 Å². The number of carbonyl (C=O) groups excluding carboxylic acids is 1. The number of benzene rings is 1. The lowest BCUT2D eigenvalue weighted by atomic mass is 10.1. The van der Waals surface area contributed by atoms with Gasteiger partial charge in [-0.1, -0.05) is 52.2 Å². The smallest absolute Gasteiger partial charge is 0.344 e. The third-order valence-electron chi connectivity index (χ3n) is 4.96. The third-order valence-corrected chi connectivity index (χ3v) is 4.96. The molecular weight excluding hydrogens is 352 g/mol. The summed E-state index contributed by atoms with van der Waals surface area (Å²) in [6, 6.07) is 7.66. The van der Waals surface area contributed by atoms with Gasteiger partial charge in [-0.2, -0.15) is 0 Å². The number of hydrogen-bond acceptors (Lipinski definition) is 5. The number of aromatic nitrogens is 3. The summed E-state index contributed by atoms with van der Waals surface area (Å²) in [5.74, 6) is 0.449. The Morgan fingerprint density at radius 1 is 1.14 bits per heavy atom. The molecule has 3 aromatic rings. The van der Waals surface area contributed by atoms with E-state index in [2.05, 4.69) is 20.8 Å². The predicted molar refractivity (Wildman–Crippen MR) is 113 cm³/mol. The van der Waals surface area contributed by atoms with E-state index in [0.717, 1.165) is 30.3 Å². The maximum atomic E-state index is 12.8. The second-order valence-corrected chi connectivity index (χ2v) is 7.68. The van der Waals surface area contributed by atoms with Gasteiger partial charge in [0.25, 0.3) is 0 Å². The first kappa shape index (κ1) is 20.1. The van der Waals surface area contributed by atoms with Crippen LogP contribution >= 0.6 is 0 Å². The molecule has 0 spiro atoms. The van der Waals surface area contributed by atoms with E-state index < -0.39 is 5.97 Å². The summed E-state index contributed by atoms with van der Waals surface area (Å²) >= 11 is 0. The van der Waals surface area contributed by atoms with Gasteiger partial charge in [0.15, 0.2) is 5.65 Å². The molecule has 0 aliphatic rings. The fourth-order valence-electron chi connectivity index (χ4n) is 3.30. The summed E-state index contributed by atoms with van der Waals surface area (Å²) < 4.78 is 7.42. The number of carbonyl (C=O) groups is 1. The van der Waals surface area contributed by atoms with Crippen LogP contribution in [0.2, 0.25) is 0 Å². The van der Waals surface area contributed by atoms with Crippen molar-refractivity contribution in [1.82, 2.24) is 14.5 Å². The number of ether oxygens (including phenoxy) is 1. The summed E-state index contributed by atoms with van der Waals surface area (Å²) in [6.07, 6.45) is 5.26. The van der Waals surface area contributed by atoms with E-state index in [1.165, 1.54) is 12.8 Å². The fourth-order valence-corrected chi connectivity index (χ4v) is 3.30. The van der Waals surface area contributed by atoms with Crippen LogP contribution in [0.4, 0.5) is 5.82 Å². The van der Waals surface area contributed by atoms with Crippen LogP contribution in [-0.4, -0.2) is 27.1 Å². The van der Waals surface area contributed by atoms with Gasteiger partial charge in [-0.3, -0.25) is 0 Å². The van der Waals surface area contributed by atoms with Crippen LogP contribution in [0.5, 0.6) is 0 Å². The van der Waals surface area contributed by atoms with Gasteiger partial charge in [0.1, 0.15) is 16.9 Å². The first-order chi connectivity index (χ1) is 13.5. The highest BCUT2D eigenvalue weighted by Gasteiger charge is 2.25. The minimum atomic E-state index is -0.417. The number of para-hydroxylation sites is 2. The van der Waals surface area contributed by atoms with Gasteiger partial charge in [-0.15, -0.1) is 0 Å². The average molecular weight is 383 g/mol. The van der Waals surface area contributed by atoms with Crippen molar-refractivity contribution in [2.75, 3.05) is 12.3 Å². The Balaban J connectivity index is 2.01. The molecule has 6 nitrogen and oxygen atoms in total. The molecule has 6 heteroatoms.